The Bertz CT molecular complexity index is 255. The van der Waals surface area contributed by atoms with Gasteiger partial charge in [-0.15, -0.1) is 0 Å². The minimum Gasteiger partial charge on any atom is -0.344 e. The highest BCUT2D eigenvalue weighted by atomic mass is 16.2. The monoisotopic (exact) mass is 241 g/mol. The van der Waals surface area contributed by atoms with Crippen molar-refractivity contribution < 1.29 is 4.79 Å². The van der Waals surface area contributed by atoms with E-state index in [0.29, 0.717) is 5.92 Å². The minimum absolute atomic E-state index is 0.130. The molecule has 100 valence electrons. The average molecular weight is 241 g/mol. The van der Waals surface area contributed by atoms with Crippen molar-refractivity contribution in [3.63, 3.8) is 0 Å². The van der Waals surface area contributed by atoms with Crippen LogP contribution in [-0.2, 0) is 4.79 Å². The van der Waals surface area contributed by atoms with Crippen molar-refractivity contribution in [2.75, 3.05) is 34.2 Å². The van der Waals surface area contributed by atoms with Gasteiger partial charge in [-0.05, 0) is 39.3 Å². The summed E-state index contributed by atoms with van der Waals surface area (Å²) in [5, 5.41) is 0. The Labute approximate surface area is 105 Å². The molecule has 0 radical (unpaired) electrons. The zero-order chi connectivity index (χ0) is 13.0. The summed E-state index contributed by atoms with van der Waals surface area (Å²) < 4.78 is 0. The maximum absolute atomic E-state index is 12.3. The van der Waals surface area contributed by atoms with Crippen molar-refractivity contribution >= 4 is 5.91 Å². The number of likely N-dealkylation sites (N-methyl/N-ethyl adjacent to an activating group) is 2. The Morgan fingerprint density at radius 2 is 1.88 bits per heavy atom. The van der Waals surface area contributed by atoms with Crippen molar-refractivity contribution in [3.8, 4) is 0 Å². The number of amides is 1. The third-order valence-electron chi connectivity index (χ3n) is 3.81. The Balaban J connectivity index is 2.49. The first-order chi connectivity index (χ1) is 7.91. The molecule has 4 nitrogen and oxygen atoms in total. The Morgan fingerprint density at radius 1 is 1.24 bits per heavy atom. The topological polar surface area (TPSA) is 49.6 Å². The Morgan fingerprint density at radius 3 is 2.47 bits per heavy atom. The molecule has 2 N–H and O–H groups in total. The summed E-state index contributed by atoms with van der Waals surface area (Å²) >= 11 is 0. The van der Waals surface area contributed by atoms with Crippen LogP contribution in [0.4, 0.5) is 0 Å². The SMILES string of the molecule is CC1CCC(N)CC1C(=O)N(C)CCN(C)C. The summed E-state index contributed by atoms with van der Waals surface area (Å²) in [5.74, 6) is 0.879. The lowest BCUT2D eigenvalue weighted by Crippen LogP contribution is -2.44. The van der Waals surface area contributed by atoms with Gasteiger partial charge >= 0.3 is 0 Å². The predicted octanol–water partition coefficient (Wildman–Crippen LogP) is 0.770. The molecule has 1 aliphatic carbocycles. The van der Waals surface area contributed by atoms with Crippen LogP contribution < -0.4 is 5.73 Å². The first-order valence-electron chi connectivity index (χ1n) is 6.57. The van der Waals surface area contributed by atoms with Gasteiger partial charge in [-0.2, -0.15) is 0 Å². The summed E-state index contributed by atoms with van der Waals surface area (Å²) in [6.07, 6.45) is 3.00. The van der Waals surface area contributed by atoms with E-state index in [1.807, 2.05) is 26.0 Å². The fourth-order valence-corrected chi connectivity index (χ4v) is 2.44. The number of carbonyl (C=O) groups excluding carboxylic acids is 1. The van der Waals surface area contributed by atoms with Crippen LogP contribution >= 0.6 is 0 Å². The summed E-state index contributed by atoms with van der Waals surface area (Å²) in [5.41, 5.74) is 5.97. The van der Waals surface area contributed by atoms with Gasteiger partial charge in [0.15, 0.2) is 0 Å². The second kappa shape index (κ2) is 6.36. The summed E-state index contributed by atoms with van der Waals surface area (Å²) in [6.45, 7) is 3.88. The van der Waals surface area contributed by atoms with Gasteiger partial charge in [0.25, 0.3) is 0 Å². The van der Waals surface area contributed by atoms with Gasteiger partial charge in [0.1, 0.15) is 0 Å². The van der Waals surface area contributed by atoms with Crippen molar-refractivity contribution in [1.29, 1.82) is 0 Å². The van der Waals surface area contributed by atoms with Crippen LogP contribution in [0.2, 0.25) is 0 Å². The molecule has 4 heteroatoms. The van der Waals surface area contributed by atoms with Crippen molar-refractivity contribution in [2.45, 2.75) is 32.2 Å². The molecule has 0 aromatic heterocycles. The van der Waals surface area contributed by atoms with Gasteiger partial charge in [-0.1, -0.05) is 6.92 Å². The second-order valence-corrected chi connectivity index (χ2v) is 5.72. The maximum Gasteiger partial charge on any atom is 0.225 e. The molecular formula is C13H27N3O. The van der Waals surface area contributed by atoms with Crippen molar-refractivity contribution in [3.05, 3.63) is 0 Å². The van der Waals surface area contributed by atoms with E-state index in [-0.39, 0.29) is 17.9 Å². The highest BCUT2D eigenvalue weighted by molar-refractivity contribution is 5.79. The van der Waals surface area contributed by atoms with Crippen molar-refractivity contribution in [2.24, 2.45) is 17.6 Å². The average Bonchev–Trinajstić information content (AvgIpc) is 2.28. The minimum atomic E-state index is 0.130. The molecule has 3 unspecified atom stereocenters. The van der Waals surface area contributed by atoms with E-state index in [4.69, 9.17) is 5.73 Å². The molecule has 1 saturated carbocycles. The van der Waals surface area contributed by atoms with Crippen LogP contribution in [0.3, 0.4) is 0 Å². The fraction of sp³-hybridized carbons (Fsp3) is 0.923. The molecule has 3 atom stereocenters. The molecule has 0 heterocycles. The van der Waals surface area contributed by atoms with E-state index in [2.05, 4.69) is 11.8 Å². The third kappa shape index (κ3) is 4.28. The summed E-state index contributed by atoms with van der Waals surface area (Å²) in [6, 6.07) is 0.211. The first kappa shape index (κ1) is 14.5. The van der Waals surface area contributed by atoms with E-state index in [9.17, 15) is 4.79 Å². The zero-order valence-electron chi connectivity index (χ0n) is 11.6. The molecule has 0 aliphatic heterocycles. The summed E-state index contributed by atoms with van der Waals surface area (Å²) in [4.78, 5) is 16.3. The van der Waals surface area contributed by atoms with Crippen LogP contribution in [0.5, 0.6) is 0 Å². The molecule has 0 aromatic rings. The van der Waals surface area contributed by atoms with E-state index in [1.165, 1.54) is 0 Å². The standard InChI is InChI=1S/C13H27N3O/c1-10-5-6-11(14)9-12(10)13(17)16(4)8-7-15(2)3/h10-12H,5-9,14H2,1-4H3. The number of rotatable bonds is 4. The molecule has 1 amide bonds. The highest BCUT2D eigenvalue weighted by Gasteiger charge is 2.32. The normalized spacial score (nSPS) is 29.4. The van der Waals surface area contributed by atoms with Crippen LogP contribution in [0.1, 0.15) is 26.2 Å². The van der Waals surface area contributed by atoms with Gasteiger partial charge in [0.05, 0.1) is 0 Å². The van der Waals surface area contributed by atoms with Crippen LogP contribution in [0.15, 0.2) is 0 Å². The second-order valence-electron chi connectivity index (χ2n) is 5.72. The molecule has 1 aliphatic rings. The number of nitrogens with zero attached hydrogens (tertiary/aromatic N) is 2. The molecule has 0 spiro atoms. The number of hydrogen-bond donors (Lipinski definition) is 1. The van der Waals surface area contributed by atoms with Gasteiger partial charge in [0.2, 0.25) is 5.91 Å². The number of nitrogens with two attached hydrogens (primary N) is 1. The van der Waals surface area contributed by atoms with Crippen LogP contribution in [0.25, 0.3) is 0 Å². The number of hydrogen-bond acceptors (Lipinski definition) is 3. The third-order valence-corrected chi connectivity index (χ3v) is 3.81. The van der Waals surface area contributed by atoms with Gasteiger partial charge in [-0.3, -0.25) is 4.79 Å². The molecule has 0 aromatic carbocycles. The Hall–Kier alpha value is -0.610. The lowest BCUT2D eigenvalue weighted by Gasteiger charge is -2.34. The molecule has 1 rings (SSSR count). The fourth-order valence-electron chi connectivity index (χ4n) is 2.44. The summed E-state index contributed by atoms with van der Waals surface area (Å²) in [7, 11) is 5.95. The molecule has 17 heavy (non-hydrogen) atoms. The van der Waals surface area contributed by atoms with E-state index >= 15 is 0 Å². The largest absolute Gasteiger partial charge is 0.344 e. The highest BCUT2D eigenvalue weighted by Crippen LogP contribution is 2.30. The molecule has 0 saturated heterocycles. The molecule has 1 fully saturated rings. The van der Waals surface area contributed by atoms with Gasteiger partial charge in [-0.25, -0.2) is 0 Å². The van der Waals surface area contributed by atoms with E-state index < -0.39 is 0 Å². The van der Waals surface area contributed by atoms with Crippen molar-refractivity contribution in [1.82, 2.24) is 9.80 Å². The van der Waals surface area contributed by atoms with Crippen LogP contribution in [-0.4, -0.2) is 56.0 Å². The Kier molecular flexibility index (Phi) is 5.40. The van der Waals surface area contributed by atoms with Crippen LogP contribution in [0, 0.1) is 11.8 Å². The van der Waals surface area contributed by atoms with E-state index in [1.54, 1.807) is 0 Å². The predicted molar refractivity (Wildman–Crippen MR) is 70.7 cm³/mol. The zero-order valence-corrected chi connectivity index (χ0v) is 11.6. The smallest absolute Gasteiger partial charge is 0.225 e. The lowest BCUT2D eigenvalue weighted by atomic mass is 9.77. The van der Waals surface area contributed by atoms with Gasteiger partial charge in [0, 0.05) is 32.1 Å². The quantitative estimate of drug-likeness (QED) is 0.791. The van der Waals surface area contributed by atoms with E-state index in [0.717, 1.165) is 32.4 Å². The lowest BCUT2D eigenvalue weighted by molar-refractivity contribution is -0.137. The van der Waals surface area contributed by atoms with Gasteiger partial charge < -0.3 is 15.5 Å². The maximum atomic E-state index is 12.3. The molecular weight excluding hydrogens is 214 g/mol. The number of carbonyl (C=O) groups is 1. The molecule has 0 bridgehead atoms. The first-order valence-corrected chi connectivity index (χ1v) is 6.57.